The van der Waals surface area contributed by atoms with Crippen LogP contribution in [0.5, 0.6) is 0 Å². The van der Waals surface area contributed by atoms with E-state index in [0.717, 1.165) is 0 Å². The van der Waals surface area contributed by atoms with E-state index >= 15 is 0 Å². The lowest BCUT2D eigenvalue weighted by Gasteiger charge is -2.22. The van der Waals surface area contributed by atoms with Gasteiger partial charge in [0.2, 0.25) is 5.91 Å². The minimum absolute atomic E-state index is 0.0216. The Kier molecular flexibility index (Phi) is 5.63. The molecule has 2 aromatic carbocycles. The van der Waals surface area contributed by atoms with Crippen molar-refractivity contribution in [2.45, 2.75) is 19.9 Å². The summed E-state index contributed by atoms with van der Waals surface area (Å²) in [6, 6.07) is 10.3. The molecule has 2 rings (SSSR count). The zero-order valence-electron chi connectivity index (χ0n) is 13.3. The van der Waals surface area contributed by atoms with Crippen LogP contribution in [0.15, 0.2) is 48.5 Å². The zero-order valence-corrected chi connectivity index (χ0v) is 13.3. The van der Waals surface area contributed by atoms with Crippen molar-refractivity contribution >= 4 is 17.5 Å². The lowest BCUT2D eigenvalue weighted by molar-refractivity contribution is -0.118. The Morgan fingerprint density at radius 1 is 0.917 bits per heavy atom. The van der Waals surface area contributed by atoms with Crippen LogP contribution >= 0.6 is 0 Å². The quantitative estimate of drug-likeness (QED) is 0.882. The molecule has 2 amide bonds. The summed E-state index contributed by atoms with van der Waals surface area (Å²) < 4.78 is 27.3. The molecule has 2 aromatic rings. The molecule has 0 aromatic heterocycles. The summed E-state index contributed by atoms with van der Waals surface area (Å²) in [7, 11) is 0. The van der Waals surface area contributed by atoms with E-state index in [0.29, 0.717) is 0 Å². The summed E-state index contributed by atoms with van der Waals surface area (Å²) in [6.45, 7) is 3.46. The molecule has 0 unspecified atom stereocenters. The standard InChI is InChI=1S/C18H18F2N2O2/c1-11(2)16(18(24)21-15-10-6-5-9-14(15)20)22-17(23)12-7-3-4-8-13(12)19/h3-11,16H,1-2H3,(H,21,24)(H,22,23)/t16-/m0/s1. The van der Waals surface area contributed by atoms with Crippen LogP contribution in [0.1, 0.15) is 24.2 Å². The van der Waals surface area contributed by atoms with Crippen molar-refractivity contribution in [2.24, 2.45) is 5.92 Å². The molecule has 0 saturated heterocycles. The predicted molar refractivity (Wildman–Crippen MR) is 87.5 cm³/mol. The monoisotopic (exact) mass is 332 g/mol. The highest BCUT2D eigenvalue weighted by atomic mass is 19.1. The molecule has 6 heteroatoms. The number of carbonyl (C=O) groups is 2. The van der Waals surface area contributed by atoms with Gasteiger partial charge in [-0.25, -0.2) is 8.78 Å². The summed E-state index contributed by atoms with van der Waals surface area (Å²) in [5, 5.41) is 4.94. The fourth-order valence-corrected chi connectivity index (χ4v) is 2.17. The van der Waals surface area contributed by atoms with Gasteiger partial charge in [0.25, 0.3) is 5.91 Å². The molecule has 0 aliphatic carbocycles. The fourth-order valence-electron chi connectivity index (χ4n) is 2.17. The average molecular weight is 332 g/mol. The third-order valence-electron chi connectivity index (χ3n) is 3.49. The first-order valence-electron chi connectivity index (χ1n) is 7.51. The highest BCUT2D eigenvalue weighted by Crippen LogP contribution is 2.15. The maximum atomic E-state index is 13.7. The molecule has 0 radical (unpaired) electrons. The molecule has 0 spiro atoms. The summed E-state index contributed by atoms with van der Waals surface area (Å²) in [6.07, 6.45) is 0. The van der Waals surface area contributed by atoms with Crippen molar-refractivity contribution in [1.29, 1.82) is 0 Å². The van der Waals surface area contributed by atoms with E-state index in [2.05, 4.69) is 10.6 Å². The minimum Gasteiger partial charge on any atom is -0.340 e. The topological polar surface area (TPSA) is 58.2 Å². The zero-order chi connectivity index (χ0) is 17.7. The first-order chi connectivity index (χ1) is 11.4. The largest absolute Gasteiger partial charge is 0.340 e. The van der Waals surface area contributed by atoms with Crippen molar-refractivity contribution in [1.82, 2.24) is 5.32 Å². The molecule has 0 saturated carbocycles. The van der Waals surface area contributed by atoms with Gasteiger partial charge >= 0.3 is 0 Å². The van der Waals surface area contributed by atoms with E-state index < -0.39 is 29.5 Å². The van der Waals surface area contributed by atoms with Crippen LogP contribution in [-0.4, -0.2) is 17.9 Å². The average Bonchev–Trinajstić information content (AvgIpc) is 2.54. The Hall–Kier alpha value is -2.76. The number of para-hydroxylation sites is 1. The van der Waals surface area contributed by atoms with Gasteiger partial charge in [0.15, 0.2) is 0 Å². The number of halogens is 2. The van der Waals surface area contributed by atoms with Crippen LogP contribution in [0.25, 0.3) is 0 Å². The Morgan fingerprint density at radius 3 is 2.08 bits per heavy atom. The number of benzene rings is 2. The smallest absolute Gasteiger partial charge is 0.254 e. The summed E-state index contributed by atoms with van der Waals surface area (Å²) in [4.78, 5) is 24.6. The number of anilines is 1. The molecule has 126 valence electrons. The molecule has 0 bridgehead atoms. The van der Waals surface area contributed by atoms with E-state index in [1.54, 1.807) is 19.9 Å². The predicted octanol–water partition coefficient (Wildman–Crippen LogP) is 3.36. The van der Waals surface area contributed by atoms with Crippen molar-refractivity contribution in [3.63, 3.8) is 0 Å². The maximum Gasteiger partial charge on any atom is 0.254 e. The molecule has 1 atom stereocenters. The minimum atomic E-state index is -0.934. The molecule has 0 aliphatic rings. The van der Waals surface area contributed by atoms with E-state index in [4.69, 9.17) is 0 Å². The summed E-state index contributed by atoms with van der Waals surface area (Å²) in [5.41, 5.74) is -0.130. The van der Waals surface area contributed by atoms with Gasteiger partial charge in [0.05, 0.1) is 11.3 Å². The number of nitrogens with one attached hydrogen (secondary N) is 2. The van der Waals surface area contributed by atoms with Crippen molar-refractivity contribution in [3.8, 4) is 0 Å². The third kappa shape index (κ3) is 4.16. The number of amides is 2. The normalized spacial score (nSPS) is 11.9. The highest BCUT2D eigenvalue weighted by molar-refractivity contribution is 6.01. The van der Waals surface area contributed by atoms with Crippen LogP contribution in [0.2, 0.25) is 0 Å². The molecular weight excluding hydrogens is 314 g/mol. The molecule has 0 aliphatic heterocycles. The highest BCUT2D eigenvalue weighted by Gasteiger charge is 2.26. The molecular formula is C18H18F2N2O2. The Labute approximate surface area is 138 Å². The van der Waals surface area contributed by atoms with Gasteiger partial charge < -0.3 is 10.6 Å². The number of hydrogen-bond acceptors (Lipinski definition) is 2. The number of rotatable bonds is 5. The van der Waals surface area contributed by atoms with Crippen LogP contribution in [0, 0.1) is 17.6 Å². The lowest BCUT2D eigenvalue weighted by atomic mass is 10.0. The van der Waals surface area contributed by atoms with Crippen molar-refractivity contribution in [3.05, 3.63) is 65.7 Å². The first-order valence-corrected chi connectivity index (χ1v) is 7.51. The molecule has 2 N–H and O–H groups in total. The van der Waals surface area contributed by atoms with E-state index in [-0.39, 0.29) is 17.2 Å². The van der Waals surface area contributed by atoms with E-state index in [9.17, 15) is 18.4 Å². The summed E-state index contributed by atoms with van der Waals surface area (Å²) in [5.74, 6) is -2.79. The fraction of sp³-hybridized carbons (Fsp3) is 0.222. The van der Waals surface area contributed by atoms with E-state index in [1.807, 2.05) is 0 Å². The Bertz CT molecular complexity index is 747. The second kappa shape index (κ2) is 7.68. The van der Waals surface area contributed by atoms with Gasteiger partial charge in [-0.1, -0.05) is 38.1 Å². The van der Waals surface area contributed by atoms with Crippen LogP contribution in [-0.2, 0) is 4.79 Å². The van der Waals surface area contributed by atoms with Gasteiger partial charge in [0, 0.05) is 0 Å². The molecule has 0 heterocycles. The first kappa shape index (κ1) is 17.6. The van der Waals surface area contributed by atoms with Gasteiger partial charge in [0.1, 0.15) is 17.7 Å². The van der Waals surface area contributed by atoms with Crippen molar-refractivity contribution in [2.75, 3.05) is 5.32 Å². The van der Waals surface area contributed by atoms with Crippen LogP contribution in [0.3, 0.4) is 0 Å². The number of hydrogen-bond donors (Lipinski definition) is 2. The van der Waals surface area contributed by atoms with Gasteiger partial charge in [-0.3, -0.25) is 9.59 Å². The van der Waals surface area contributed by atoms with Gasteiger partial charge in [-0.05, 0) is 30.2 Å². The molecule has 4 nitrogen and oxygen atoms in total. The second-order valence-electron chi connectivity index (χ2n) is 5.64. The Balaban J connectivity index is 2.15. The van der Waals surface area contributed by atoms with E-state index in [1.165, 1.54) is 42.5 Å². The Morgan fingerprint density at radius 2 is 1.50 bits per heavy atom. The van der Waals surface area contributed by atoms with Crippen LogP contribution in [0.4, 0.5) is 14.5 Å². The number of carbonyl (C=O) groups excluding carboxylic acids is 2. The van der Waals surface area contributed by atoms with Gasteiger partial charge in [-0.2, -0.15) is 0 Å². The second-order valence-corrected chi connectivity index (χ2v) is 5.64. The third-order valence-corrected chi connectivity index (χ3v) is 3.49. The van der Waals surface area contributed by atoms with Crippen LogP contribution < -0.4 is 10.6 Å². The summed E-state index contributed by atoms with van der Waals surface area (Å²) >= 11 is 0. The molecule has 0 fully saturated rings. The maximum absolute atomic E-state index is 13.7. The van der Waals surface area contributed by atoms with Crippen molar-refractivity contribution < 1.29 is 18.4 Å². The molecule has 24 heavy (non-hydrogen) atoms. The lowest BCUT2D eigenvalue weighted by Crippen LogP contribution is -2.47. The van der Waals surface area contributed by atoms with Gasteiger partial charge in [-0.15, -0.1) is 0 Å². The SMILES string of the molecule is CC(C)[C@H](NC(=O)c1ccccc1F)C(=O)Nc1ccccc1F.